The first-order chi connectivity index (χ1) is 9.85. The van der Waals surface area contributed by atoms with Crippen LogP contribution in [0.25, 0.3) is 0 Å². The molecule has 1 unspecified atom stereocenters. The average Bonchev–Trinajstić information content (AvgIpc) is 2.37. The number of ketones is 1. The van der Waals surface area contributed by atoms with E-state index >= 15 is 0 Å². The summed E-state index contributed by atoms with van der Waals surface area (Å²) in [6, 6.07) is 5.28. The first-order valence-corrected chi connectivity index (χ1v) is 7.38. The summed E-state index contributed by atoms with van der Waals surface area (Å²) in [5, 5.41) is 3.16. The van der Waals surface area contributed by atoms with Crippen LogP contribution in [0.1, 0.15) is 48.7 Å². The van der Waals surface area contributed by atoms with E-state index in [-0.39, 0.29) is 24.2 Å². The number of carbonyl (C=O) groups excluding carboxylic acids is 2. The van der Waals surface area contributed by atoms with Crippen molar-refractivity contribution in [1.29, 1.82) is 0 Å². The van der Waals surface area contributed by atoms with Crippen LogP contribution < -0.4 is 5.32 Å². The lowest BCUT2D eigenvalue weighted by atomic mass is 9.96. The Morgan fingerprint density at radius 2 is 1.90 bits per heavy atom. The topological polar surface area (TPSA) is 55.4 Å². The maximum Gasteiger partial charge on any atom is 0.307 e. The van der Waals surface area contributed by atoms with Gasteiger partial charge in [-0.05, 0) is 26.3 Å². The maximum atomic E-state index is 12.7. The molecule has 1 N–H and O–H groups in total. The monoisotopic (exact) mass is 291 g/mol. The van der Waals surface area contributed by atoms with E-state index in [0.29, 0.717) is 12.2 Å². The summed E-state index contributed by atoms with van der Waals surface area (Å²) < 4.78 is 4.96. The summed E-state index contributed by atoms with van der Waals surface area (Å²) in [5.74, 6) is -0.414. The average molecular weight is 291 g/mol. The van der Waals surface area contributed by atoms with Gasteiger partial charge in [0.1, 0.15) is 0 Å². The summed E-state index contributed by atoms with van der Waals surface area (Å²) in [6.07, 6.45) is 0.0537. The van der Waals surface area contributed by atoms with Gasteiger partial charge in [-0.2, -0.15) is 0 Å². The number of rotatable bonds is 7. The normalized spacial score (nSPS) is 12.3. The number of aryl methyl sites for hydroxylation is 2. The molecule has 1 rings (SSSR count). The Morgan fingerprint density at radius 3 is 2.43 bits per heavy atom. The molecule has 0 heterocycles. The fraction of sp³-hybridized carbons (Fsp3) is 0.529. The minimum absolute atomic E-state index is 0.0537. The van der Waals surface area contributed by atoms with Gasteiger partial charge in [-0.1, -0.05) is 37.6 Å². The maximum absolute atomic E-state index is 12.7. The zero-order valence-electron chi connectivity index (χ0n) is 13.5. The van der Waals surface area contributed by atoms with Crippen molar-refractivity contribution in [2.45, 2.75) is 53.1 Å². The summed E-state index contributed by atoms with van der Waals surface area (Å²) in [6.45, 7) is 9.89. The highest BCUT2D eigenvalue weighted by molar-refractivity contribution is 6.03. The Balaban J connectivity index is 2.95. The Labute approximate surface area is 126 Å². The molecule has 0 aromatic heterocycles. The SMILES string of the molecule is CCOC(=O)CC(NC(C)C)C(=O)c1ccc(C)cc1C. The molecule has 0 fully saturated rings. The van der Waals surface area contributed by atoms with Crippen LogP contribution in [0.3, 0.4) is 0 Å². The van der Waals surface area contributed by atoms with E-state index in [1.165, 1.54) is 0 Å². The number of nitrogens with one attached hydrogen (secondary N) is 1. The summed E-state index contributed by atoms with van der Waals surface area (Å²) in [7, 11) is 0. The third kappa shape index (κ3) is 5.31. The van der Waals surface area contributed by atoms with Crippen LogP contribution in [0, 0.1) is 13.8 Å². The lowest BCUT2D eigenvalue weighted by molar-refractivity contribution is -0.143. The van der Waals surface area contributed by atoms with Crippen molar-refractivity contribution in [2.24, 2.45) is 0 Å². The Kier molecular flexibility index (Phi) is 6.56. The lowest BCUT2D eigenvalue weighted by Crippen LogP contribution is -2.42. The number of hydrogen-bond donors (Lipinski definition) is 1. The summed E-state index contributed by atoms with van der Waals surface area (Å²) in [5.41, 5.74) is 2.70. The van der Waals surface area contributed by atoms with Crippen LogP contribution in [0.2, 0.25) is 0 Å². The highest BCUT2D eigenvalue weighted by atomic mass is 16.5. The highest BCUT2D eigenvalue weighted by Crippen LogP contribution is 2.15. The molecule has 0 bridgehead atoms. The first kappa shape index (κ1) is 17.4. The van der Waals surface area contributed by atoms with Crippen LogP contribution in [0.15, 0.2) is 18.2 Å². The number of hydrogen-bond acceptors (Lipinski definition) is 4. The van der Waals surface area contributed by atoms with Crippen LogP contribution in [0.4, 0.5) is 0 Å². The number of esters is 1. The summed E-state index contributed by atoms with van der Waals surface area (Å²) in [4.78, 5) is 24.4. The molecule has 0 spiro atoms. The molecule has 116 valence electrons. The van der Waals surface area contributed by atoms with Crippen molar-refractivity contribution in [3.8, 4) is 0 Å². The molecular formula is C17H25NO3. The molecule has 0 aliphatic heterocycles. The van der Waals surface area contributed by atoms with Gasteiger partial charge in [0.05, 0.1) is 19.1 Å². The van der Waals surface area contributed by atoms with Crippen molar-refractivity contribution in [3.05, 3.63) is 34.9 Å². The molecule has 4 nitrogen and oxygen atoms in total. The molecule has 0 radical (unpaired) electrons. The second-order valence-electron chi connectivity index (χ2n) is 5.57. The number of carbonyl (C=O) groups is 2. The Hall–Kier alpha value is -1.68. The van der Waals surface area contributed by atoms with Crippen LogP contribution >= 0.6 is 0 Å². The number of Topliss-reactive ketones (excluding diaryl/α,β-unsaturated/α-hetero) is 1. The van der Waals surface area contributed by atoms with E-state index in [1.807, 2.05) is 45.9 Å². The highest BCUT2D eigenvalue weighted by Gasteiger charge is 2.25. The fourth-order valence-corrected chi connectivity index (χ4v) is 2.29. The van der Waals surface area contributed by atoms with E-state index in [2.05, 4.69) is 5.32 Å². The van der Waals surface area contributed by atoms with Crippen molar-refractivity contribution in [2.75, 3.05) is 6.61 Å². The molecule has 1 aromatic carbocycles. The van der Waals surface area contributed by atoms with E-state index in [4.69, 9.17) is 4.74 Å². The fourth-order valence-electron chi connectivity index (χ4n) is 2.29. The van der Waals surface area contributed by atoms with Crippen molar-refractivity contribution in [3.63, 3.8) is 0 Å². The molecule has 0 saturated carbocycles. The molecule has 4 heteroatoms. The van der Waals surface area contributed by atoms with Crippen LogP contribution in [0.5, 0.6) is 0 Å². The Morgan fingerprint density at radius 1 is 1.24 bits per heavy atom. The van der Waals surface area contributed by atoms with Gasteiger partial charge in [0.25, 0.3) is 0 Å². The van der Waals surface area contributed by atoms with E-state index in [9.17, 15) is 9.59 Å². The van der Waals surface area contributed by atoms with Crippen LogP contribution in [-0.4, -0.2) is 30.4 Å². The molecule has 1 atom stereocenters. The minimum Gasteiger partial charge on any atom is -0.466 e. The predicted octanol–water partition coefficient (Wildman–Crippen LogP) is 2.81. The van der Waals surface area contributed by atoms with Gasteiger partial charge in [0.2, 0.25) is 0 Å². The van der Waals surface area contributed by atoms with E-state index < -0.39 is 6.04 Å². The molecule has 1 aromatic rings. The van der Waals surface area contributed by atoms with Gasteiger partial charge in [-0.25, -0.2) is 0 Å². The second kappa shape index (κ2) is 7.93. The third-order valence-electron chi connectivity index (χ3n) is 3.17. The zero-order chi connectivity index (χ0) is 16.0. The van der Waals surface area contributed by atoms with Gasteiger partial charge in [0.15, 0.2) is 5.78 Å². The van der Waals surface area contributed by atoms with Crippen molar-refractivity contribution >= 4 is 11.8 Å². The second-order valence-corrected chi connectivity index (χ2v) is 5.57. The summed E-state index contributed by atoms with van der Waals surface area (Å²) >= 11 is 0. The van der Waals surface area contributed by atoms with Gasteiger partial charge in [-0.15, -0.1) is 0 Å². The van der Waals surface area contributed by atoms with Crippen molar-refractivity contribution in [1.82, 2.24) is 5.32 Å². The van der Waals surface area contributed by atoms with E-state index in [0.717, 1.165) is 11.1 Å². The predicted molar refractivity (Wildman–Crippen MR) is 83.6 cm³/mol. The third-order valence-corrected chi connectivity index (χ3v) is 3.17. The van der Waals surface area contributed by atoms with Gasteiger partial charge in [-0.3, -0.25) is 9.59 Å². The molecule has 0 aliphatic rings. The molecule has 21 heavy (non-hydrogen) atoms. The van der Waals surface area contributed by atoms with Gasteiger partial charge >= 0.3 is 5.97 Å². The lowest BCUT2D eigenvalue weighted by Gasteiger charge is -2.20. The standard InChI is InChI=1S/C17H25NO3/c1-6-21-16(19)10-15(18-11(2)3)17(20)14-8-7-12(4)9-13(14)5/h7-9,11,15,18H,6,10H2,1-5H3. The largest absolute Gasteiger partial charge is 0.466 e. The van der Waals surface area contributed by atoms with Gasteiger partial charge < -0.3 is 10.1 Å². The number of ether oxygens (including phenoxy) is 1. The van der Waals surface area contributed by atoms with E-state index in [1.54, 1.807) is 6.92 Å². The Bertz CT molecular complexity index is 509. The van der Waals surface area contributed by atoms with Gasteiger partial charge in [0, 0.05) is 11.6 Å². The first-order valence-electron chi connectivity index (χ1n) is 7.38. The zero-order valence-corrected chi connectivity index (χ0v) is 13.5. The molecule has 0 amide bonds. The molecule has 0 aliphatic carbocycles. The minimum atomic E-state index is -0.551. The molecular weight excluding hydrogens is 266 g/mol. The van der Waals surface area contributed by atoms with Crippen molar-refractivity contribution < 1.29 is 14.3 Å². The van der Waals surface area contributed by atoms with Crippen LogP contribution in [-0.2, 0) is 9.53 Å². The molecule has 0 saturated heterocycles. The number of benzene rings is 1. The quantitative estimate of drug-likeness (QED) is 0.620. The smallest absolute Gasteiger partial charge is 0.307 e.